The normalized spacial score (nSPS) is 15.5. The maximum absolute atomic E-state index is 13.2. The molecule has 1 aliphatic carbocycles. The van der Waals surface area contributed by atoms with Gasteiger partial charge in [0.1, 0.15) is 5.01 Å². The van der Waals surface area contributed by atoms with Gasteiger partial charge in [-0.3, -0.25) is 9.59 Å². The maximum atomic E-state index is 13.2. The van der Waals surface area contributed by atoms with Gasteiger partial charge in [0, 0.05) is 24.4 Å². The first kappa shape index (κ1) is 25.1. The monoisotopic (exact) mass is 520 g/mol. The number of sulfone groups is 1. The van der Waals surface area contributed by atoms with E-state index in [1.165, 1.54) is 19.4 Å². The van der Waals surface area contributed by atoms with Crippen molar-refractivity contribution in [3.05, 3.63) is 47.5 Å². The largest absolute Gasteiger partial charge is 0.384 e. The average Bonchev–Trinajstić information content (AvgIpc) is 3.38. The van der Waals surface area contributed by atoms with Gasteiger partial charge in [-0.1, -0.05) is 6.07 Å². The standard InChI is InChI=1S/C23H25FN4O5S2/c1-23(7-8-23)28-19(29)13-26-21(30)20(35(31,32)10-9-33-2)22-27-16-11-14(3-5-17(16)34-22)15-4-6-18(24)25-12-15/h3-6,11-12,20H,7-10,13H2,1-2H3,(H,26,30)(H,28,29). The highest BCUT2D eigenvalue weighted by Crippen LogP contribution is 2.35. The van der Waals surface area contributed by atoms with Gasteiger partial charge in [0.15, 0.2) is 15.1 Å². The van der Waals surface area contributed by atoms with Crippen LogP contribution < -0.4 is 10.6 Å². The number of benzene rings is 1. The molecular weight excluding hydrogens is 495 g/mol. The molecule has 35 heavy (non-hydrogen) atoms. The van der Waals surface area contributed by atoms with Crippen molar-refractivity contribution in [1.29, 1.82) is 0 Å². The molecule has 1 saturated carbocycles. The van der Waals surface area contributed by atoms with Crippen molar-refractivity contribution in [2.24, 2.45) is 0 Å². The van der Waals surface area contributed by atoms with E-state index in [0.717, 1.165) is 29.7 Å². The van der Waals surface area contributed by atoms with E-state index in [0.29, 0.717) is 15.8 Å². The van der Waals surface area contributed by atoms with Gasteiger partial charge in [-0.2, -0.15) is 4.39 Å². The van der Waals surface area contributed by atoms with Crippen molar-refractivity contribution < 1.29 is 27.1 Å². The molecule has 0 radical (unpaired) electrons. The maximum Gasteiger partial charge on any atom is 0.245 e. The molecule has 0 saturated heterocycles. The van der Waals surface area contributed by atoms with Gasteiger partial charge >= 0.3 is 0 Å². The van der Waals surface area contributed by atoms with Gasteiger partial charge in [-0.05, 0) is 49.6 Å². The number of carbonyl (C=O) groups is 2. The number of fused-ring (bicyclic) bond motifs is 1. The van der Waals surface area contributed by atoms with E-state index in [4.69, 9.17) is 4.74 Å². The number of aromatic nitrogens is 2. The van der Waals surface area contributed by atoms with Crippen LogP contribution >= 0.6 is 11.3 Å². The number of halogens is 1. The lowest BCUT2D eigenvalue weighted by atomic mass is 10.1. The van der Waals surface area contributed by atoms with Crippen LogP contribution in [0.5, 0.6) is 0 Å². The van der Waals surface area contributed by atoms with Gasteiger partial charge in [-0.25, -0.2) is 18.4 Å². The summed E-state index contributed by atoms with van der Waals surface area (Å²) in [5.74, 6) is -2.18. The number of rotatable bonds is 10. The summed E-state index contributed by atoms with van der Waals surface area (Å²) in [7, 11) is -2.62. The van der Waals surface area contributed by atoms with Crippen molar-refractivity contribution in [2.45, 2.75) is 30.6 Å². The Morgan fingerprint density at radius 2 is 1.97 bits per heavy atom. The Hall–Kier alpha value is -2.96. The summed E-state index contributed by atoms with van der Waals surface area (Å²) in [6.45, 7) is 1.48. The summed E-state index contributed by atoms with van der Waals surface area (Å²) < 4.78 is 44.9. The number of nitrogens with one attached hydrogen (secondary N) is 2. The molecule has 2 heterocycles. The molecular formula is C23H25FN4O5S2. The lowest BCUT2D eigenvalue weighted by Gasteiger charge is -2.16. The van der Waals surface area contributed by atoms with E-state index in [2.05, 4.69) is 20.6 Å². The second-order valence-electron chi connectivity index (χ2n) is 8.67. The van der Waals surface area contributed by atoms with Crippen LogP contribution in [0.4, 0.5) is 4.39 Å². The molecule has 0 spiro atoms. The Balaban J connectivity index is 1.61. The molecule has 2 amide bonds. The molecule has 1 unspecified atom stereocenters. The molecule has 2 aromatic heterocycles. The summed E-state index contributed by atoms with van der Waals surface area (Å²) >= 11 is 1.09. The van der Waals surface area contributed by atoms with Crippen LogP contribution in [0.2, 0.25) is 0 Å². The number of carbonyl (C=O) groups excluding carboxylic acids is 2. The Morgan fingerprint density at radius 1 is 1.23 bits per heavy atom. The lowest BCUT2D eigenvalue weighted by Crippen LogP contribution is -2.44. The molecule has 1 aromatic carbocycles. The first-order valence-corrected chi connectivity index (χ1v) is 13.5. The lowest BCUT2D eigenvalue weighted by molar-refractivity contribution is -0.126. The molecule has 186 valence electrons. The number of nitrogens with zero attached hydrogens (tertiary/aromatic N) is 2. The van der Waals surface area contributed by atoms with Gasteiger partial charge in [0.2, 0.25) is 17.8 Å². The van der Waals surface area contributed by atoms with Crippen molar-refractivity contribution >= 4 is 43.2 Å². The quantitative estimate of drug-likeness (QED) is 0.393. The number of methoxy groups -OCH3 is 1. The summed E-state index contributed by atoms with van der Waals surface area (Å²) in [6, 6.07) is 8.10. The second-order valence-corrected chi connectivity index (χ2v) is 11.9. The van der Waals surface area contributed by atoms with Gasteiger partial charge < -0.3 is 15.4 Å². The SMILES string of the molecule is COCCS(=O)(=O)C(C(=O)NCC(=O)NC1(C)CC1)c1nc2cc(-c3ccc(F)nc3)ccc2s1. The van der Waals surface area contributed by atoms with Crippen molar-refractivity contribution in [1.82, 2.24) is 20.6 Å². The molecule has 9 nitrogen and oxygen atoms in total. The fourth-order valence-electron chi connectivity index (χ4n) is 3.48. The van der Waals surface area contributed by atoms with E-state index in [1.54, 1.807) is 24.3 Å². The average molecular weight is 521 g/mol. The number of amides is 2. The first-order chi connectivity index (χ1) is 16.6. The minimum atomic E-state index is -3.99. The highest BCUT2D eigenvalue weighted by Gasteiger charge is 2.40. The Kier molecular flexibility index (Phi) is 7.15. The fourth-order valence-corrected chi connectivity index (χ4v) is 6.40. The first-order valence-electron chi connectivity index (χ1n) is 10.9. The molecule has 1 aliphatic rings. The van der Waals surface area contributed by atoms with Crippen LogP contribution in [0.1, 0.15) is 30.0 Å². The fraction of sp³-hybridized carbons (Fsp3) is 0.391. The second kappa shape index (κ2) is 9.96. The predicted octanol–water partition coefficient (Wildman–Crippen LogP) is 2.38. The Morgan fingerprint density at radius 3 is 2.63 bits per heavy atom. The number of thiazole rings is 1. The Bertz CT molecular complexity index is 1350. The molecule has 1 atom stereocenters. The number of pyridine rings is 1. The third-order valence-electron chi connectivity index (χ3n) is 5.72. The van der Waals surface area contributed by atoms with E-state index >= 15 is 0 Å². The van der Waals surface area contributed by atoms with Crippen LogP contribution in [0.15, 0.2) is 36.5 Å². The minimum absolute atomic E-state index is 0.0857. The molecule has 4 rings (SSSR count). The van der Waals surface area contributed by atoms with Crippen molar-refractivity contribution in [3.8, 4) is 11.1 Å². The highest BCUT2D eigenvalue weighted by molar-refractivity contribution is 7.92. The van der Waals surface area contributed by atoms with Gasteiger partial charge in [-0.15, -0.1) is 11.3 Å². The van der Waals surface area contributed by atoms with Crippen molar-refractivity contribution in [2.75, 3.05) is 26.0 Å². The molecule has 1 fully saturated rings. The predicted molar refractivity (Wildman–Crippen MR) is 130 cm³/mol. The summed E-state index contributed by atoms with van der Waals surface area (Å²) in [5.41, 5.74) is 1.62. The minimum Gasteiger partial charge on any atom is -0.384 e. The third kappa shape index (κ3) is 6.00. The van der Waals surface area contributed by atoms with Crippen LogP contribution in [-0.2, 0) is 24.2 Å². The zero-order valence-electron chi connectivity index (χ0n) is 19.2. The topological polar surface area (TPSA) is 127 Å². The Labute approximate surface area is 206 Å². The van der Waals surface area contributed by atoms with E-state index < -0.39 is 26.9 Å². The van der Waals surface area contributed by atoms with Crippen LogP contribution in [0.3, 0.4) is 0 Å². The molecule has 12 heteroatoms. The van der Waals surface area contributed by atoms with Gasteiger partial charge in [0.25, 0.3) is 0 Å². The zero-order chi connectivity index (χ0) is 25.2. The summed E-state index contributed by atoms with van der Waals surface area (Å²) in [6.07, 6.45) is 3.12. The van der Waals surface area contributed by atoms with E-state index in [-0.39, 0.29) is 35.4 Å². The highest BCUT2D eigenvalue weighted by atomic mass is 32.2. The summed E-state index contributed by atoms with van der Waals surface area (Å²) in [5, 5.41) is 3.78. The molecule has 2 N–H and O–H groups in total. The number of hydrogen-bond donors (Lipinski definition) is 2. The van der Waals surface area contributed by atoms with Gasteiger partial charge in [0.05, 0.1) is 29.1 Å². The summed E-state index contributed by atoms with van der Waals surface area (Å²) in [4.78, 5) is 33.3. The smallest absolute Gasteiger partial charge is 0.245 e. The molecule has 0 bridgehead atoms. The number of ether oxygens (including phenoxy) is 1. The van der Waals surface area contributed by atoms with Crippen LogP contribution in [-0.4, -0.2) is 61.8 Å². The van der Waals surface area contributed by atoms with Crippen molar-refractivity contribution in [3.63, 3.8) is 0 Å². The molecule has 0 aliphatic heterocycles. The van der Waals surface area contributed by atoms with Crippen LogP contribution in [0.25, 0.3) is 21.3 Å². The zero-order valence-corrected chi connectivity index (χ0v) is 20.8. The van der Waals surface area contributed by atoms with Crippen LogP contribution in [0, 0.1) is 5.95 Å². The number of hydrogen-bond acceptors (Lipinski definition) is 8. The molecule has 3 aromatic rings. The third-order valence-corrected chi connectivity index (χ3v) is 8.86. The van der Waals surface area contributed by atoms with E-state index in [1.807, 2.05) is 6.92 Å². The van der Waals surface area contributed by atoms with E-state index in [9.17, 15) is 22.4 Å².